The molecule has 0 heterocycles. The third-order valence-corrected chi connectivity index (χ3v) is 3.71. The molecule has 0 fully saturated rings. The van der Waals surface area contributed by atoms with Crippen LogP contribution in [-0.4, -0.2) is 25.0 Å². The first-order chi connectivity index (χ1) is 8.99. The highest BCUT2D eigenvalue weighted by molar-refractivity contribution is 14.1. The zero-order chi connectivity index (χ0) is 14.4. The molecule has 104 valence electrons. The quantitative estimate of drug-likeness (QED) is 0.636. The first kappa shape index (κ1) is 15.9. The van der Waals surface area contributed by atoms with Crippen molar-refractivity contribution >= 4 is 34.5 Å². The van der Waals surface area contributed by atoms with Crippen LogP contribution < -0.4 is 5.32 Å². The summed E-state index contributed by atoms with van der Waals surface area (Å²) in [7, 11) is 1.33. The van der Waals surface area contributed by atoms with Gasteiger partial charge in [0.25, 0.3) is 5.91 Å². The van der Waals surface area contributed by atoms with Crippen LogP contribution in [0.25, 0.3) is 0 Å². The van der Waals surface area contributed by atoms with E-state index in [-0.39, 0.29) is 11.8 Å². The number of carbonyl (C=O) groups excluding carboxylic acids is 2. The second-order valence-electron chi connectivity index (χ2n) is 4.37. The molecule has 1 amide bonds. The highest BCUT2D eigenvalue weighted by atomic mass is 127. The van der Waals surface area contributed by atoms with Crippen molar-refractivity contribution in [1.82, 2.24) is 5.32 Å². The number of nitrogens with one attached hydrogen (secondary N) is 1. The molecular weight excluding hydrogens is 357 g/mol. The molecule has 0 radical (unpaired) electrons. The Morgan fingerprint density at radius 3 is 2.63 bits per heavy atom. The van der Waals surface area contributed by atoms with E-state index in [0.29, 0.717) is 5.56 Å². The zero-order valence-corrected chi connectivity index (χ0v) is 13.4. The SMILES string of the molecule is CC[C@H](C)[C@@H](NC(=O)c1cccc(I)c1)C(=O)OC. The fourth-order valence-electron chi connectivity index (χ4n) is 1.65. The summed E-state index contributed by atoms with van der Waals surface area (Å²) < 4.78 is 5.72. The molecule has 0 aromatic heterocycles. The first-order valence-corrected chi connectivity index (χ1v) is 7.21. The maximum Gasteiger partial charge on any atom is 0.328 e. The number of amides is 1. The van der Waals surface area contributed by atoms with Gasteiger partial charge in [-0.1, -0.05) is 26.3 Å². The van der Waals surface area contributed by atoms with Crippen molar-refractivity contribution < 1.29 is 14.3 Å². The molecule has 1 N–H and O–H groups in total. The van der Waals surface area contributed by atoms with Crippen molar-refractivity contribution in [2.24, 2.45) is 5.92 Å². The number of halogens is 1. The van der Waals surface area contributed by atoms with Crippen LogP contribution in [0.5, 0.6) is 0 Å². The molecule has 0 saturated carbocycles. The maximum atomic E-state index is 12.1. The number of carbonyl (C=O) groups is 2. The second kappa shape index (κ2) is 7.47. The number of benzene rings is 1. The van der Waals surface area contributed by atoms with Gasteiger partial charge >= 0.3 is 5.97 Å². The van der Waals surface area contributed by atoms with E-state index in [2.05, 4.69) is 27.9 Å². The monoisotopic (exact) mass is 375 g/mol. The van der Waals surface area contributed by atoms with Crippen molar-refractivity contribution in [2.75, 3.05) is 7.11 Å². The topological polar surface area (TPSA) is 55.4 Å². The summed E-state index contributed by atoms with van der Waals surface area (Å²) in [6.07, 6.45) is 0.784. The molecule has 4 nitrogen and oxygen atoms in total. The third-order valence-electron chi connectivity index (χ3n) is 3.04. The van der Waals surface area contributed by atoms with Gasteiger partial charge in [0.05, 0.1) is 7.11 Å². The second-order valence-corrected chi connectivity index (χ2v) is 5.62. The normalized spacial score (nSPS) is 13.5. The minimum absolute atomic E-state index is 0.0270. The predicted octanol–water partition coefficient (Wildman–Crippen LogP) is 2.61. The highest BCUT2D eigenvalue weighted by Crippen LogP contribution is 2.12. The summed E-state index contributed by atoms with van der Waals surface area (Å²) in [5.74, 6) is -0.637. The Labute approximate surface area is 127 Å². The van der Waals surface area contributed by atoms with Gasteiger partial charge in [-0.3, -0.25) is 4.79 Å². The van der Waals surface area contributed by atoms with Gasteiger partial charge in [-0.15, -0.1) is 0 Å². The summed E-state index contributed by atoms with van der Waals surface area (Å²) in [5, 5.41) is 2.75. The van der Waals surface area contributed by atoms with Crippen molar-refractivity contribution in [1.29, 1.82) is 0 Å². The number of ether oxygens (including phenoxy) is 1. The lowest BCUT2D eigenvalue weighted by Gasteiger charge is -2.21. The lowest BCUT2D eigenvalue weighted by molar-refractivity contribution is -0.144. The summed E-state index contributed by atoms with van der Waals surface area (Å²) in [6, 6.07) is 6.61. The Balaban J connectivity index is 2.84. The van der Waals surface area contributed by atoms with Crippen molar-refractivity contribution in [3.63, 3.8) is 0 Å². The van der Waals surface area contributed by atoms with E-state index in [9.17, 15) is 9.59 Å². The lowest BCUT2D eigenvalue weighted by Crippen LogP contribution is -2.45. The van der Waals surface area contributed by atoms with Gasteiger partial charge < -0.3 is 10.1 Å². The number of hydrogen-bond donors (Lipinski definition) is 1. The maximum absolute atomic E-state index is 12.1. The Bertz CT molecular complexity index is 462. The fraction of sp³-hybridized carbons (Fsp3) is 0.429. The molecule has 0 aliphatic carbocycles. The molecule has 0 spiro atoms. The van der Waals surface area contributed by atoms with Crippen LogP contribution in [0, 0.1) is 9.49 Å². The Morgan fingerprint density at radius 2 is 2.11 bits per heavy atom. The van der Waals surface area contributed by atoms with Crippen molar-refractivity contribution in [3.8, 4) is 0 Å². The van der Waals surface area contributed by atoms with Crippen LogP contribution in [0.15, 0.2) is 24.3 Å². The molecule has 5 heteroatoms. The molecule has 0 aliphatic rings. The van der Waals surface area contributed by atoms with E-state index in [1.807, 2.05) is 26.0 Å². The van der Waals surface area contributed by atoms with Crippen molar-refractivity contribution in [3.05, 3.63) is 33.4 Å². The highest BCUT2D eigenvalue weighted by Gasteiger charge is 2.26. The van der Waals surface area contributed by atoms with Gasteiger partial charge in [-0.05, 0) is 46.7 Å². The third kappa shape index (κ3) is 4.49. The van der Waals surface area contributed by atoms with Crippen LogP contribution in [0.4, 0.5) is 0 Å². The Kier molecular flexibility index (Phi) is 6.27. The standard InChI is InChI=1S/C14H18INO3/c1-4-9(2)12(14(18)19-3)16-13(17)10-6-5-7-11(15)8-10/h5-9,12H,4H2,1-3H3,(H,16,17)/t9-,12+/m0/s1. The van der Waals surface area contributed by atoms with E-state index < -0.39 is 12.0 Å². The molecule has 0 aliphatic heterocycles. The number of hydrogen-bond acceptors (Lipinski definition) is 3. The van der Waals surface area contributed by atoms with E-state index in [0.717, 1.165) is 9.99 Å². The van der Waals surface area contributed by atoms with E-state index in [1.165, 1.54) is 7.11 Å². The molecule has 0 saturated heterocycles. The van der Waals surface area contributed by atoms with Gasteiger partial charge in [-0.2, -0.15) is 0 Å². The first-order valence-electron chi connectivity index (χ1n) is 6.13. The molecule has 1 aromatic carbocycles. The van der Waals surface area contributed by atoms with Crippen molar-refractivity contribution in [2.45, 2.75) is 26.3 Å². The molecule has 2 atom stereocenters. The van der Waals surface area contributed by atoms with Crippen LogP contribution in [-0.2, 0) is 9.53 Å². The van der Waals surface area contributed by atoms with Crippen LogP contribution >= 0.6 is 22.6 Å². The minimum Gasteiger partial charge on any atom is -0.467 e. The summed E-state index contributed by atoms with van der Waals surface area (Å²) in [5.41, 5.74) is 0.545. The Hall–Kier alpha value is -1.11. The number of rotatable bonds is 5. The van der Waals surface area contributed by atoms with E-state index in [1.54, 1.807) is 12.1 Å². The molecule has 0 unspecified atom stereocenters. The summed E-state index contributed by atoms with van der Waals surface area (Å²) in [6.45, 7) is 3.88. The predicted molar refractivity (Wildman–Crippen MR) is 81.9 cm³/mol. The molecule has 0 bridgehead atoms. The molecule has 19 heavy (non-hydrogen) atoms. The number of methoxy groups -OCH3 is 1. The average Bonchev–Trinajstić information content (AvgIpc) is 2.42. The van der Waals surface area contributed by atoms with Gasteiger partial charge in [0.15, 0.2) is 0 Å². The van der Waals surface area contributed by atoms with Crippen LogP contribution in [0.3, 0.4) is 0 Å². The van der Waals surface area contributed by atoms with Crippen LogP contribution in [0.2, 0.25) is 0 Å². The molecule has 1 rings (SSSR count). The number of esters is 1. The minimum atomic E-state index is -0.611. The van der Waals surface area contributed by atoms with E-state index in [4.69, 9.17) is 4.74 Å². The van der Waals surface area contributed by atoms with Gasteiger partial charge in [0, 0.05) is 9.13 Å². The lowest BCUT2D eigenvalue weighted by atomic mass is 9.99. The molecule has 1 aromatic rings. The Morgan fingerprint density at radius 1 is 1.42 bits per heavy atom. The summed E-state index contributed by atoms with van der Waals surface area (Å²) in [4.78, 5) is 23.8. The van der Waals surface area contributed by atoms with E-state index >= 15 is 0 Å². The molecular formula is C14H18INO3. The van der Waals surface area contributed by atoms with Gasteiger partial charge in [-0.25, -0.2) is 4.79 Å². The summed E-state index contributed by atoms with van der Waals surface area (Å²) >= 11 is 2.14. The zero-order valence-electron chi connectivity index (χ0n) is 11.3. The van der Waals surface area contributed by atoms with Crippen LogP contribution in [0.1, 0.15) is 30.6 Å². The fourth-order valence-corrected chi connectivity index (χ4v) is 2.19. The average molecular weight is 375 g/mol. The van der Waals surface area contributed by atoms with Gasteiger partial charge in [0.1, 0.15) is 6.04 Å². The largest absolute Gasteiger partial charge is 0.467 e. The smallest absolute Gasteiger partial charge is 0.328 e. The van der Waals surface area contributed by atoms with Gasteiger partial charge in [0.2, 0.25) is 0 Å².